The maximum atomic E-state index is 13.3. The van der Waals surface area contributed by atoms with E-state index in [4.69, 9.17) is 4.74 Å². The van der Waals surface area contributed by atoms with Crippen molar-refractivity contribution in [3.8, 4) is 11.4 Å². The molecule has 2 aromatic heterocycles. The van der Waals surface area contributed by atoms with Gasteiger partial charge >= 0.3 is 6.18 Å². The summed E-state index contributed by atoms with van der Waals surface area (Å²) in [6, 6.07) is 4.03. The van der Waals surface area contributed by atoms with Crippen molar-refractivity contribution < 1.29 is 22.7 Å². The molecule has 1 saturated carbocycles. The highest BCUT2D eigenvalue weighted by molar-refractivity contribution is 5.88. The van der Waals surface area contributed by atoms with Crippen molar-refractivity contribution in [1.82, 2.24) is 15.0 Å². The Kier molecular flexibility index (Phi) is 4.55. The summed E-state index contributed by atoms with van der Waals surface area (Å²) in [5, 5.41) is 0. The van der Waals surface area contributed by atoms with Gasteiger partial charge in [-0.25, -0.2) is 9.97 Å². The monoisotopic (exact) mass is 378 g/mol. The fraction of sp³-hybridized carbons (Fsp3) is 0.444. The highest BCUT2D eigenvalue weighted by Gasteiger charge is 2.39. The molecule has 1 aliphatic heterocycles. The Morgan fingerprint density at radius 2 is 1.93 bits per heavy atom. The van der Waals surface area contributed by atoms with Gasteiger partial charge in [-0.2, -0.15) is 13.2 Å². The first kappa shape index (κ1) is 17.8. The first-order chi connectivity index (χ1) is 12.9. The summed E-state index contributed by atoms with van der Waals surface area (Å²) in [6.07, 6.45) is -0.572. The van der Waals surface area contributed by atoms with E-state index in [0.717, 1.165) is 18.9 Å². The lowest BCUT2D eigenvalue weighted by Crippen LogP contribution is -2.47. The van der Waals surface area contributed by atoms with Gasteiger partial charge in [0.05, 0.1) is 13.2 Å². The van der Waals surface area contributed by atoms with Crippen molar-refractivity contribution in [3.05, 3.63) is 36.3 Å². The summed E-state index contributed by atoms with van der Waals surface area (Å²) in [4.78, 5) is 25.8. The number of aromatic nitrogens is 3. The number of ketones is 1. The van der Waals surface area contributed by atoms with Gasteiger partial charge in [0.1, 0.15) is 11.9 Å². The van der Waals surface area contributed by atoms with Gasteiger partial charge in [0, 0.05) is 36.5 Å². The van der Waals surface area contributed by atoms with E-state index in [9.17, 15) is 18.0 Å². The number of rotatable bonds is 4. The van der Waals surface area contributed by atoms with Crippen molar-refractivity contribution in [2.45, 2.75) is 25.1 Å². The van der Waals surface area contributed by atoms with Crippen LogP contribution in [0.3, 0.4) is 0 Å². The second-order valence-electron chi connectivity index (χ2n) is 6.65. The minimum absolute atomic E-state index is 0.0264. The highest BCUT2D eigenvalue weighted by Crippen LogP contribution is 2.34. The van der Waals surface area contributed by atoms with Gasteiger partial charge in [0.25, 0.3) is 0 Å². The molecule has 1 atom stereocenters. The minimum atomic E-state index is -4.60. The number of pyridine rings is 1. The van der Waals surface area contributed by atoms with Crippen LogP contribution in [0, 0.1) is 5.92 Å². The van der Waals surface area contributed by atoms with Crippen molar-refractivity contribution >= 4 is 11.6 Å². The van der Waals surface area contributed by atoms with E-state index in [1.54, 1.807) is 17.0 Å². The van der Waals surface area contributed by atoms with Gasteiger partial charge < -0.3 is 9.64 Å². The van der Waals surface area contributed by atoms with E-state index in [1.807, 2.05) is 0 Å². The normalized spacial score (nSPS) is 20.6. The third-order valence-electron chi connectivity index (χ3n) is 4.63. The van der Waals surface area contributed by atoms with Crippen LogP contribution in [0.2, 0.25) is 0 Å². The predicted molar refractivity (Wildman–Crippen MR) is 89.9 cm³/mol. The zero-order valence-electron chi connectivity index (χ0n) is 14.3. The summed E-state index contributed by atoms with van der Waals surface area (Å²) < 4.78 is 45.6. The van der Waals surface area contributed by atoms with E-state index in [0.29, 0.717) is 12.1 Å². The predicted octanol–water partition coefficient (Wildman–Crippen LogP) is 2.74. The lowest BCUT2D eigenvalue weighted by Gasteiger charge is -2.33. The Morgan fingerprint density at radius 1 is 1.19 bits per heavy atom. The van der Waals surface area contributed by atoms with Gasteiger partial charge in [0.2, 0.25) is 0 Å². The van der Waals surface area contributed by atoms with Gasteiger partial charge in [-0.3, -0.25) is 9.78 Å². The molecule has 4 rings (SSSR count). The summed E-state index contributed by atoms with van der Waals surface area (Å²) in [6.45, 7) is 0.817. The Bertz CT molecular complexity index is 840. The molecule has 27 heavy (non-hydrogen) atoms. The van der Waals surface area contributed by atoms with Gasteiger partial charge in [0.15, 0.2) is 17.3 Å². The SMILES string of the molecule is O=C(C1CC1)C1CN(c2cc(C(F)(F)F)nc(-c3ccncc3)n2)CCO1. The van der Waals surface area contributed by atoms with Crippen LogP contribution < -0.4 is 4.90 Å². The number of nitrogens with zero attached hydrogens (tertiary/aromatic N) is 4. The van der Waals surface area contributed by atoms with Gasteiger partial charge in [-0.15, -0.1) is 0 Å². The van der Waals surface area contributed by atoms with Crippen molar-refractivity contribution in [2.24, 2.45) is 5.92 Å². The molecule has 0 amide bonds. The molecule has 9 heteroatoms. The lowest BCUT2D eigenvalue weighted by molar-refractivity contribution is -0.141. The van der Waals surface area contributed by atoms with Crippen molar-refractivity contribution in [1.29, 1.82) is 0 Å². The van der Waals surface area contributed by atoms with E-state index in [2.05, 4.69) is 15.0 Å². The third-order valence-corrected chi connectivity index (χ3v) is 4.63. The molecule has 1 saturated heterocycles. The molecule has 0 aromatic carbocycles. The van der Waals surface area contributed by atoms with Crippen molar-refractivity contribution in [2.75, 3.05) is 24.6 Å². The smallest absolute Gasteiger partial charge is 0.367 e. The highest BCUT2D eigenvalue weighted by atomic mass is 19.4. The summed E-state index contributed by atoms with van der Waals surface area (Å²) >= 11 is 0. The van der Waals surface area contributed by atoms with Crippen LogP contribution >= 0.6 is 0 Å². The van der Waals surface area contributed by atoms with E-state index < -0.39 is 18.0 Å². The maximum absolute atomic E-state index is 13.3. The summed E-state index contributed by atoms with van der Waals surface area (Å²) in [5.74, 6) is 0.164. The van der Waals surface area contributed by atoms with E-state index in [1.165, 1.54) is 12.4 Å². The number of alkyl halides is 3. The molecule has 2 aromatic rings. The number of ether oxygens (including phenoxy) is 1. The number of halogens is 3. The Morgan fingerprint density at radius 3 is 2.59 bits per heavy atom. The quantitative estimate of drug-likeness (QED) is 0.815. The van der Waals surface area contributed by atoms with Crippen LogP contribution in [-0.4, -0.2) is 46.5 Å². The summed E-state index contributed by atoms with van der Waals surface area (Å²) in [5.41, 5.74) is -0.577. The molecule has 1 unspecified atom stereocenters. The largest absolute Gasteiger partial charge is 0.433 e. The molecule has 3 heterocycles. The topological polar surface area (TPSA) is 68.2 Å². The zero-order chi connectivity index (χ0) is 19.0. The molecule has 0 radical (unpaired) electrons. The number of morpholine rings is 1. The molecule has 2 fully saturated rings. The van der Waals surface area contributed by atoms with Gasteiger partial charge in [-0.1, -0.05) is 0 Å². The fourth-order valence-corrected chi connectivity index (χ4v) is 3.03. The van der Waals surface area contributed by atoms with Crippen LogP contribution in [0.4, 0.5) is 19.0 Å². The number of carbonyl (C=O) groups excluding carboxylic acids is 1. The average Bonchev–Trinajstić information content (AvgIpc) is 3.52. The Hall–Kier alpha value is -2.55. The average molecular weight is 378 g/mol. The molecule has 2 aliphatic rings. The molecule has 0 spiro atoms. The number of Topliss-reactive ketones (excluding diaryl/α,β-unsaturated/α-hetero) is 1. The van der Waals surface area contributed by atoms with Crippen LogP contribution in [-0.2, 0) is 15.7 Å². The summed E-state index contributed by atoms with van der Waals surface area (Å²) in [7, 11) is 0. The number of carbonyl (C=O) groups is 1. The zero-order valence-corrected chi connectivity index (χ0v) is 14.3. The van der Waals surface area contributed by atoms with E-state index >= 15 is 0 Å². The lowest BCUT2D eigenvalue weighted by atomic mass is 10.1. The van der Waals surface area contributed by atoms with Crippen LogP contribution in [0.15, 0.2) is 30.6 Å². The Balaban J connectivity index is 1.67. The number of anilines is 1. The minimum Gasteiger partial charge on any atom is -0.367 e. The van der Waals surface area contributed by atoms with Crippen LogP contribution in [0.5, 0.6) is 0 Å². The standard InChI is InChI=1S/C18H17F3N4O2/c19-18(20,21)14-9-15(24-17(23-14)12-3-5-22-6-4-12)25-7-8-27-13(10-25)16(26)11-1-2-11/h3-6,9,11,13H,1-2,7-8,10H2. The van der Waals surface area contributed by atoms with Crippen LogP contribution in [0.25, 0.3) is 11.4 Å². The maximum Gasteiger partial charge on any atom is 0.433 e. The second-order valence-corrected chi connectivity index (χ2v) is 6.65. The first-order valence-corrected chi connectivity index (χ1v) is 8.69. The third kappa shape index (κ3) is 3.92. The molecular weight excluding hydrogens is 361 g/mol. The second kappa shape index (κ2) is 6.88. The van der Waals surface area contributed by atoms with Gasteiger partial charge in [-0.05, 0) is 25.0 Å². The number of hydrogen-bond acceptors (Lipinski definition) is 6. The molecule has 0 bridgehead atoms. The fourth-order valence-electron chi connectivity index (χ4n) is 3.03. The molecule has 6 nitrogen and oxygen atoms in total. The molecule has 1 aliphatic carbocycles. The van der Waals surface area contributed by atoms with Crippen LogP contribution in [0.1, 0.15) is 18.5 Å². The van der Waals surface area contributed by atoms with E-state index in [-0.39, 0.29) is 36.5 Å². The number of hydrogen-bond donors (Lipinski definition) is 0. The molecule has 0 N–H and O–H groups in total. The Labute approximate surface area is 153 Å². The van der Waals surface area contributed by atoms with Crippen molar-refractivity contribution in [3.63, 3.8) is 0 Å². The molecular formula is C18H17F3N4O2. The first-order valence-electron chi connectivity index (χ1n) is 8.69. The molecule has 142 valence electrons.